The summed E-state index contributed by atoms with van der Waals surface area (Å²) in [7, 11) is -8.49. The lowest BCUT2D eigenvalue weighted by Gasteiger charge is -2.41. The van der Waals surface area contributed by atoms with E-state index in [1.807, 2.05) is 0 Å². The van der Waals surface area contributed by atoms with Gasteiger partial charge in [-0.3, -0.25) is 9.79 Å². The summed E-state index contributed by atoms with van der Waals surface area (Å²) < 4.78 is 66.0. The van der Waals surface area contributed by atoms with E-state index in [9.17, 15) is 24.2 Å². The second-order valence-electron chi connectivity index (χ2n) is 5.63. The zero-order valence-corrected chi connectivity index (χ0v) is 13.7. The second kappa shape index (κ2) is 4.81. The number of rotatable bonds is 2. The molecule has 9 heteroatoms. The lowest BCUT2D eigenvalue weighted by Crippen LogP contribution is -2.27. The molecule has 0 bridgehead atoms. The smallest absolute Gasteiger partial charge is 0.310 e. The summed E-state index contributed by atoms with van der Waals surface area (Å²) in [6.07, 6.45) is 0. The van der Waals surface area contributed by atoms with E-state index in [0.717, 1.165) is 11.0 Å². The predicted octanol–water partition coefficient (Wildman–Crippen LogP) is 5.16. The maximum atomic E-state index is 13.2. The summed E-state index contributed by atoms with van der Waals surface area (Å²) in [5.74, 6) is -0.452. The molecule has 0 saturated carbocycles. The van der Waals surface area contributed by atoms with Gasteiger partial charge >= 0.3 is 10.2 Å². The minimum absolute atomic E-state index is 0.0667. The molecule has 0 unspecified atom stereocenters. The van der Waals surface area contributed by atoms with Crippen LogP contribution in [-0.4, -0.2) is 25.2 Å². The molecule has 2 aromatic carbocycles. The van der Waals surface area contributed by atoms with Gasteiger partial charge in [-0.15, -0.1) is 0 Å². The highest BCUT2D eigenvalue weighted by Crippen LogP contribution is 3.02. The van der Waals surface area contributed by atoms with E-state index in [4.69, 9.17) is 0 Å². The molecular weight excluding hydrogens is 363 g/mol. The van der Waals surface area contributed by atoms with Crippen molar-refractivity contribution in [2.45, 2.75) is 4.90 Å². The fourth-order valence-corrected chi connectivity index (χ4v) is 3.22. The van der Waals surface area contributed by atoms with Crippen LogP contribution in [0.1, 0.15) is 11.1 Å². The molecule has 0 aliphatic carbocycles. The molecule has 1 aliphatic heterocycles. The van der Waals surface area contributed by atoms with Crippen molar-refractivity contribution < 1.29 is 24.2 Å². The summed E-state index contributed by atoms with van der Waals surface area (Å²) >= 11 is 0. The predicted molar refractivity (Wildman–Crippen MR) is 88.2 cm³/mol. The molecule has 1 heterocycles. The molecule has 0 aromatic heterocycles. The van der Waals surface area contributed by atoms with Crippen molar-refractivity contribution in [3.05, 3.63) is 59.7 Å². The van der Waals surface area contributed by atoms with Crippen molar-refractivity contribution in [1.29, 1.82) is 0 Å². The van der Waals surface area contributed by atoms with Gasteiger partial charge < -0.3 is 4.90 Å². The Bertz CT molecular complexity index is 895. The third-order valence-corrected chi connectivity index (χ3v) is 4.97. The average Bonchev–Trinajstić information content (AvgIpc) is 2.64. The standard InChI is InChI=1S/C16H13F5N2OS/c1-23-14-8-7-12(25(17,18,19,20)21)9-13(14)16(22-10-15(23)24)11-5-3-2-4-6-11/h2-9H,10H2,1H3. The van der Waals surface area contributed by atoms with Crippen LogP contribution in [0.5, 0.6) is 0 Å². The number of carbonyl (C=O) groups is 1. The molecule has 0 spiro atoms. The quantitative estimate of drug-likeness (QED) is 0.667. The van der Waals surface area contributed by atoms with E-state index in [2.05, 4.69) is 4.99 Å². The van der Waals surface area contributed by atoms with Crippen LogP contribution in [-0.2, 0) is 4.79 Å². The number of nitrogens with zero attached hydrogens (tertiary/aromatic N) is 2. The normalized spacial score (nSPS) is 17.9. The van der Waals surface area contributed by atoms with Crippen molar-refractivity contribution in [2.24, 2.45) is 4.99 Å². The molecule has 0 fully saturated rings. The molecule has 0 atom stereocenters. The van der Waals surface area contributed by atoms with Crippen LogP contribution in [0.4, 0.5) is 25.1 Å². The van der Waals surface area contributed by atoms with Gasteiger partial charge in [0, 0.05) is 18.2 Å². The second-order valence-corrected chi connectivity index (χ2v) is 8.04. The Labute approximate surface area is 140 Å². The summed E-state index contributed by atoms with van der Waals surface area (Å²) in [5.41, 5.74) is 0.434. The molecule has 0 saturated heterocycles. The zero-order chi connectivity index (χ0) is 18.5. The van der Waals surface area contributed by atoms with Crippen LogP contribution in [0.15, 0.2) is 58.4 Å². The van der Waals surface area contributed by atoms with Gasteiger partial charge in [0.05, 0.1) is 11.4 Å². The number of anilines is 1. The number of halogens is 5. The van der Waals surface area contributed by atoms with Gasteiger partial charge in [0.1, 0.15) is 11.4 Å². The molecule has 3 rings (SSSR count). The number of carbonyl (C=O) groups excluding carboxylic acids is 1. The Morgan fingerprint density at radius 1 is 1.00 bits per heavy atom. The maximum absolute atomic E-state index is 13.2. The molecule has 3 nitrogen and oxygen atoms in total. The van der Waals surface area contributed by atoms with Crippen LogP contribution in [0.25, 0.3) is 0 Å². The van der Waals surface area contributed by atoms with E-state index in [1.54, 1.807) is 30.3 Å². The first-order valence-corrected chi connectivity index (χ1v) is 9.07. The zero-order valence-electron chi connectivity index (χ0n) is 12.9. The Morgan fingerprint density at radius 2 is 1.64 bits per heavy atom. The number of fused-ring (bicyclic) bond motifs is 1. The van der Waals surface area contributed by atoms with Gasteiger partial charge in [0.2, 0.25) is 5.91 Å². The van der Waals surface area contributed by atoms with Gasteiger partial charge in [-0.05, 0) is 18.2 Å². The lowest BCUT2D eigenvalue weighted by molar-refractivity contribution is -0.116. The molecule has 134 valence electrons. The summed E-state index contributed by atoms with van der Waals surface area (Å²) in [5, 5.41) is 0. The van der Waals surface area contributed by atoms with E-state index in [0.29, 0.717) is 17.7 Å². The van der Waals surface area contributed by atoms with E-state index in [1.165, 1.54) is 7.05 Å². The molecule has 2 aromatic rings. The van der Waals surface area contributed by atoms with Crippen molar-refractivity contribution in [3.8, 4) is 0 Å². The molecule has 0 N–H and O–H groups in total. The van der Waals surface area contributed by atoms with Crippen molar-refractivity contribution >= 4 is 27.5 Å². The highest BCUT2D eigenvalue weighted by molar-refractivity contribution is 8.45. The Balaban J connectivity index is 2.30. The first-order chi connectivity index (χ1) is 11.4. The number of benzodiazepines with no additional fused rings is 1. The van der Waals surface area contributed by atoms with E-state index >= 15 is 0 Å². The minimum Gasteiger partial charge on any atom is -0.313 e. The minimum atomic E-state index is -9.85. The van der Waals surface area contributed by atoms with Crippen molar-refractivity contribution in [2.75, 3.05) is 18.5 Å². The average molecular weight is 376 g/mol. The van der Waals surface area contributed by atoms with Crippen LogP contribution < -0.4 is 4.90 Å². The molecule has 25 heavy (non-hydrogen) atoms. The van der Waals surface area contributed by atoms with Crippen molar-refractivity contribution in [3.63, 3.8) is 0 Å². The maximum Gasteiger partial charge on any atom is 0.310 e. The number of hydrogen-bond acceptors (Lipinski definition) is 2. The third kappa shape index (κ3) is 3.37. The summed E-state index contributed by atoms with van der Waals surface area (Å²) in [6, 6.07) is 9.71. The highest BCUT2D eigenvalue weighted by atomic mass is 32.5. The number of amides is 1. The number of benzene rings is 2. The fraction of sp³-hybridized carbons (Fsp3) is 0.125. The van der Waals surface area contributed by atoms with Gasteiger partial charge in [0.15, 0.2) is 0 Å². The van der Waals surface area contributed by atoms with Crippen molar-refractivity contribution in [1.82, 2.24) is 0 Å². The van der Waals surface area contributed by atoms with Crippen LogP contribution >= 0.6 is 10.2 Å². The number of hydrogen-bond donors (Lipinski definition) is 0. The van der Waals surface area contributed by atoms with Crippen LogP contribution in [0.2, 0.25) is 0 Å². The Kier molecular flexibility index (Phi) is 3.35. The molecule has 1 aliphatic rings. The number of likely N-dealkylation sites (N-methyl/N-ethyl adjacent to an activating group) is 1. The Hall–Kier alpha value is -2.42. The molecule has 1 amide bonds. The van der Waals surface area contributed by atoms with E-state index in [-0.39, 0.29) is 23.5 Å². The molecular formula is C16H13F5N2OS. The Morgan fingerprint density at radius 3 is 2.24 bits per heavy atom. The first-order valence-electron chi connectivity index (χ1n) is 7.12. The first kappa shape index (κ1) is 17.4. The number of aliphatic imine (C=N–C) groups is 1. The third-order valence-electron chi connectivity index (χ3n) is 3.82. The SMILES string of the molecule is CN1C(=O)CN=C(c2ccccc2)c2cc(S(F)(F)(F)(F)F)ccc21. The van der Waals surface area contributed by atoms with Crippen LogP contribution in [0, 0.1) is 0 Å². The largest absolute Gasteiger partial charge is 0.313 e. The van der Waals surface area contributed by atoms with Gasteiger partial charge in [-0.1, -0.05) is 49.8 Å². The fourth-order valence-electron chi connectivity index (χ4n) is 2.55. The topological polar surface area (TPSA) is 32.7 Å². The van der Waals surface area contributed by atoms with Gasteiger partial charge in [-0.2, -0.15) is 0 Å². The van der Waals surface area contributed by atoms with Gasteiger partial charge in [-0.25, -0.2) is 0 Å². The summed E-state index contributed by atoms with van der Waals surface area (Å²) in [4.78, 5) is 15.2. The van der Waals surface area contributed by atoms with Crippen LogP contribution in [0.3, 0.4) is 0 Å². The molecule has 0 radical (unpaired) electrons. The lowest BCUT2D eigenvalue weighted by atomic mass is 10.0. The summed E-state index contributed by atoms with van der Waals surface area (Å²) in [6.45, 7) is -0.291. The van der Waals surface area contributed by atoms with Gasteiger partial charge in [0.25, 0.3) is 0 Å². The highest BCUT2D eigenvalue weighted by Gasteiger charge is 2.65. The van der Waals surface area contributed by atoms with E-state index < -0.39 is 21.0 Å². The monoisotopic (exact) mass is 376 g/mol.